The van der Waals surface area contributed by atoms with Crippen LogP contribution in [0.5, 0.6) is 0 Å². The van der Waals surface area contributed by atoms with Crippen LogP contribution in [0.4, 0.5) is 0 Å². The Hall–Kier alpha value is -2.45. The molecule has 0 fully saturated rings. The van der Waals surface area contributed by atoms with Crippen LogP contribution in [0.3, 0.4) is 0 Å². The predicted molar refractivity (Wildman–Crippen MR) is 112 cm³/mol. The third-order valence-corrected chi connectivity index (χ3v) is 5.04. The summed E-state index contributed by atoms with van der Waals surface area (Å²) in [6.07, 6.45) is 2.57. The molecule has 4 atom stereocenters. The van der Waals surface area contributed by atoms with E-state index in [2.05, 4.69) is 10.6 Å². The smallest absolute Gasteiger partial charge is 0.326 e. The Balaban J connectivity index is 2.84. The summed E-state index contributed by atoms with van der Waals surface area (Å²) in [7, 11) is 0. The fourth-order valence-electron chi connectivity index (χ4n) is 2.86. The number of rotatable bonds is 13. The number of benzene rings is 1. The molecule has 0 aliphatic rings. The fourth-order valence-corrected chi connectivity index (χ4v) is 2.86. The van der Waals surface area contributed by atoms with E-state index in [1.165, 1.54) is 0 Å². The van der Waals surface area contributed by atoms with Gasteiger partial charge in [-0.25, -0.2) is 4.79 Å². The average molecular weight is 407 g/mol. The maximum Gasteiger partial charge on any atom is 0.326 e. The largest absolute Gasteiger partial charge is 0.480 e. The van der Waals surface area contributed by atoms with Crippen LogP contribution < -0.4 is 22.1 Å². The molecule has 0 aromatic heterocycles. The standard InChI is InChI=1S/C21H34N4O4/c1-3-14(2)18(23)20(27)24-16(11-7-8-12-22)19(26)25-17(21(28)29)13-15-9-5-4-6-10-15/h4-6,9-10,14,16-18H,3,7-8,11-13,22-23H2,1-2H3,(H,24,27)(H,25,26)(H,28,29)/t14-,16-,17-,18-/m0/s1. The van der Waals surface area contributed by atoms with Crippen molar-refractivity contribution in [3.63, 3.8) is 0 Å². The minimum atomic E-state index is -1.13. The van der Waals surface area contributed by atoms with Gasteiger partial charge in [0.15, 0.2) is 0 Å². The van der Waals surface area contributed by atoms with Crippen LogP contribution in [0.1, 0.15) is 45.1 Å². The Morgan fingerprint density at radius 1 is 1.03 bits per heavy atom. The van der Waals surface area contributed by atoms with E-state index in [1.54, 1.807) is 12.1 Å². The first-order valence-corrected chi connectivity index (χ1v) is 10.1. The first kappa shape index (κ1) is 24.6. The Labute approximate surface area is 172 Å². The van der Waals surface area contributed by atoms with Gasteiger partial charge in [-0.15, -0.1) is 0 Å². The summed E-state index contributed by atoms with van der Waals surface area (Å²) in [5.41, 5.74) is 12.3. The van der Waals surface area contributed by atoms with Crippen molar-refractivity contribution in [1.29, 1.82) is 0 Å². The van der Waals surface area contributed by atoms with E-state index < -0.39 is 35.9 Å². The van der Waals surface area contributed by atoms with E-state index in [0.29, 0.717) is 25.8 Å². The highest BCUT2D eigenvalue weighted by molar-refractivity contribution is 5.91. The number of hydrogen-bond donors (Lipinski definition) is 5. The SMILES string of the molecule is CC[C@H](C)[C@H](N)C(=O)N[C@@H](CCCCN)C(=O)N[C@@H](Cc1ccccc1)C(=O)O. The molecular formula is C21H34N4O4. The van der Waals surface area contributed by atoms with Gasteiger partial charge in [0.05, 0.1) is 6.04 Å². The Kier molecular flexibility index (Phi) is 10.9. The number of hydrogen-bond acceptors (Lipinski definition) is 5. The molecule has 0 unspecified atom stereocenters. The van der Waals surface area contributed by atoms with Crippen LogP contribution in [0.25, 0.3) is 0 Å². The molecule has 8 nitrogen and oxygen atoms in total. The highest BCUT2D eigenvalue weighted by atomic mass is 16.4. The molecule has 0 aliphatic carbocycles. The lowest BCUT2D eigenvalue weighted by molar-refractivity contribution is -0.142. The van der Waals surface area contributed by atoms with Gasteiger partial charge in [-0.2, -0.15) is 0 Å². The monoisotopic (exact) mass is 406 g/mol. The quantitative estimate of drug-likeness (QED) is 0.306. The molecular weight excluding hydrogens is 372 g/mol. The van der Waals surface area contributed by atoms with E-state index in [1.807, 2.05) is 32.0 Å². The summed E-state index contributed by atoms with van der Waals surface area (Å²) in [4.78, 5) is 36.9. The third kappa shape index (κ3) is 8.62. The molecule has 0 bridgehead atoms. The molecule has 162 valence electrons. The van der Waals surface area contributed by atoms with Gasteiger partial charge < -0.3 is 27.2 Å². The van der Waals surface area contributed by atoms with Crippen molar-refractivity contribution in [2.75, 3.05) is 6.54 Å². The van der Waals surface area contributed by atoms with Gasteiger partial charge in [-0.05, 0) is 37.3 Å². The molecule has 1 aromatic rings. The van der Waals surface area contributed by atoms with Crippen LogP contribution in [-0.4, -0.2) is 47.6 Å². The summed E-state index contributed by atoms with van der Waals surface area (Å²) < 4.78 is 0. The third-order valence-electron chi connectivity index (χ3n) is 5.04. The topological polar surface area (TPSA) is 148 Å². The molecule has 0 radical (unpaired) electrons. The van der Waals surface area contributed by atoms with Crippen LogP contribution in [0, 0.1) is 5.92 Å². The molecule has 8 heteroatoms. The second-order valence-corrected chi connectivity index (χ2v) is 7.35. The molecule has 0 spiro atoms. The van der Waals surface area contributed by atoms with Crippen molar-refractivity contribution in [3.8, 4) is 0 Å². The number of carbonyl (C=O) groups excluding carboxylic acids is 2. The van der Waals surface area contributed by atoms with Crippen LogP contribution >= 0.6 is 0 Å². The van der Waals surface area contributed by atoms with E-state index in [9.17, 15) is 19.5 Å². The molecule has 1 rings (SSSR count). The van der Waals surface area contributed by atoms with Gasteiger partial charge in [-0.3, -0.25) is 9.59 Å². The zero-order valence-electron chi connectivity index (χ0n) is 17.3. The van der Waals surface area contributed by atoms with E-state index in [4.69, 9.17) is 11.5 Å². The summed E-state index contributed by atoms with van der Waals surface area (Å²) in [5.74, 6) is -2.12. The molecule has 2 amide bonds. The lowest BCUT2D eigenvalue weighted by Crippen LogP contribution is -2.55. The van der Waals surface area contributed by atoms with E-state index >= 15 is 0 Å². The van der Waals surface area contributed by atoms with Crippen LogP contribution in [0.2, 0.25) is 0 Å². The van der Waals surface area contributed by atoms with Gasteiger partial charge in [0.25, 0.3) is 0 Å². The number of aliphatic carboxylic acids is 1. The van der Waals surface area contributed by atoms with Crippen molar-refractivity contribution < 1.29 is 19.5 Å². The normalized spacial score (nSPS) is 15.0. The maximum absolute atomic E-state index is 12.8. The lowest BCUT2D eigenvalue weighted by Gasteiger charge is -2.24. The summed E-state index contributed by atoms with van der Waals surface area (Å²) in [5, 5.41) is 14.8. The number of carboxylic acid groups (broad SMARTS) is 1. The zero-order chi connectivity index (χ0) is 21.8. The van der Waals surface area contributed by atoms with Gasteiger partial charge in [0.1, 0.15) is 12.1 Å². The van der Waals surface area contributed by atoms with Gasteiger partial charge in [0.2, 0.25) is 11.8 Å². The predicted octanol–water partition coefficient (Wildman–Crippen LogP) is 0.786. The maximum atomic E-state index is 12.8. The Bertz CT molecular complexity index is 653. The van der Waals surface area contributed by atoms with Crippen LogP contribution in [-0.2, 0) is 20.8 Å². The minimum absolute atomic E-state index is 0.0346. The number of carbonyl (C=O) groups is 3. The Morgan fingerprint density at radius 3 is 2.21 bits per heavy atom. The Morgan fingerprint density at radius 2 is 1.66 bits per heavy atom. The molecule has 1 aromatic carbocycles. The average Bonchev–Trinajstić information content (AvgIpc) is 2.71. The van der Waals surface area contributed by atoms with Crippen molar-refractivity contribution in [2.45, 2.75) is 64.1 Å². The van der Waals surface area contributed by atoms with E-state index in [-0.39, 0.29) is 12.3 Å². The van der Waals surface area contributed by atoms with E-state index in [0.717, 1.165) is 12.0 Å². The number of nitrogens with one attached hydrogen (secondary N) is 2. The number of unbranched alkanes of at least 4 members (excludes halogenated alkanes) is 1. The van der Waals surface area contributed by atoms with Gasteiger partial charge >= 0.3 is 5.97 Å². The van der Waals surface area contributed by atoms with Crippen molar-refractivity contribution in [3.05, 3.63) is 35.9 Å². The summed E-state index contributed by atoms with van der Waals surface area (Å²) >= 11 is 0. The van der Waals surface area contributed by atoms with Crippen LogP contribution in [0.15, 0.2) is 30.3 Å². The second kappa shape index (κ2) is 12.9. The molecule has 0 aliphatic heterocycles. The first-order chi connectivity index (χ1) is 13.8. The first-order valence-electron chi connectivity index (χ1n) is 10.1. The van der Waals surface area contributed by atoms with Crippen molar-refractivity contribution in [1.82, 2.24) is 10.6 Å². The molecule has 29 heavy (non-hydrogen) atoms. The van der Waals surface area contributed by atoms with Gasteiger partial charge in [-0.1, -0.05) is 50.6 Å². The molecule has 0 saturated carbocycles. The van der Waals surface area contributed by atoms with Gasteiger partial charge in [0, 0.05) is 6.42 Å². The second-order valence-electron chi connectivity index (χ2n) is 7.35. The zero-order valence-corrected chi connectivity index (χ0v) is 17.3. The molecule has 7 N–H and O–H groups in total. The summed E-state index contributed by atoms with van der Waals surface area (Å²) in [6.45, 7) is 4.28. The number of carboxylic acids is 1. The molecule has 0 saturated heterocycles. The fraction of sp³-hybridized carbons (Fsp3) is 0.571. The summed E-state index contributed by atoms with van der Waals surface area (Å²) in [6, 6.07) is 6.36. The lowest BCUT2D eigenvalue weighted by atomic mass is 9.98. The highest BCUT2D eigenvalue weighted by Gasteiger charge is 2.29. The molecule has 0 heterocycles. The number of amides is 2. The van der Waals surface area contributed by atoms with Crippen molar-refractivity contribution in [2.24, 2.45) is 17.4 Å². The minimum Gasteiger partial charge on any atom is -0.480 e. The number of nitrogens with two attached hydrogens (primary N) is 2. The van der Waals surface area contributed by atoms with Crippen molar-refractivity contribution >= 4 is 17.8 Å². The highest BCUT2D eigenvalue weighted by Crippen LogP contribution is 2.09.